The number of rotatable bonds is 10. The van der Waals surface area contributed by atoms with Crippen LogP contribution in [0.1, 0.15) is 146 Å². The van der Waals surface area contributed by atoms with Crippen LogP contribution in [0, 0.1) is 29.6 Å². The van der Waals surface area contributed by atoms with Gasteiger partial charge >= 0.3 is 0 Å². The molecule has 0 N–H and O–H groups in total. The zero-order valence-corrected chi connectivity index (χ0v) is 22.2. The largest absolute Gasteiger partial charge is 0.0654 e. The summed E-state index contributed by atoms with van der Waals surface area (Å²) in [4.78, 5) is 0. The summed E-state index contributed by atoms with van der Waals surface area (Å²) in [6.07, 6.45) is 28.0. The average Bonchev–Trinajstić information content (AvgIpc) is 2.89. The Labute approximate surface area is 206 Å². The van der Waals surface area contributed by atoms with Crippen LogP contribution in [0.2, 0.25) is 0 Å². The quantitative estimate of drug-likeness (QED) is 0.311. The Bertz CT molecular complexity index is 633. The molecule has 0 spiro atoms. The minimum atomic E-state index is 0.837. The number of hydrogen-bond donors (Lipinski definition) is 0. The zero-order valence-electron chi connectivity index (χ0n) is 22.2. The number of unbranched alkanes of at least 4 members (excludes halogenated alkanes) is 2. The maximum absolute atomic E-state index is 2.47. The van der Waals surface area contributed by atoms with Gasteiger partial charge in [0.05, 0.1) is 0 Å². The van der Waals surface area contributed by atoms with E-state index in [-0.39, 0.29) is 0 Å². The van der Waals surface area contributed by atoms with E-state index in [0.717, 1.165) is 35.5 Å². The lowest BCUT2D eigenvalue weighted by Crippen LogP contribution is -2.26. The Kier molecular flexibility index (Phi) is 10.2. The SMILES string of the molecule is CCCCC[C@H]1CC[C@H]([C@H]2CC[C@H](CCc3ccc([C@H]4CC[C@H](CC)CC4)cc3)CC2)CC1. The number of benzene rings is 1. The van der Waals surface area contributed by atoms with E-state index in [1.165, 1.54) is 96.3 Å². The van der Waals surface area contributed by atoms with Gasteiger partial charge in [-0.05, 0) is 111 Å². The highest BCUT2D eigenvalue weighted by Gasteiger charge is 2.30. The molecule has 3 aliphatic carbocycles. The van der Waals surface area contributed by atoms with Crippen LogP contribution < -0.4 is 0 Å². The molecule has 0 heterocycles. The first kappa shape index (κ1) is 25.3. The maximum atomic E-state index is 2.47. The van der Waals surface area contributed by atoms with Crippen molar-refractivity contribution in [2.24, 2.45) is 29.6 Å². The van der Waals surface area contributed by atoms with Crippen molar-refractivity contribution in [2.75, 3.05) is 0 Å². The highest BCUT2D eigenvalue weighted by atomic mass is 14.4. The minimum absolute atomic E-state index is 0.837. The van der Waals surface area contributed by atoms with E-state index in [4.69, 9.17) is 0 Å². The van der Waals surface area contributed by atoms with Crippen molar-refractivity contribution in [3.05, 3.63) is 35.4 Å². The van der Waals surface area contributed by atoms with Crippen LogP contribution in [0.4, 0.5) is 0 Å². The second-order valence-electron chi connectivity index (χ2n) is 12.5. The predicted octanol–water partition coefficient (Wildman–Crippen LogP) is 10.5. The zero-order chi connectivity index (χ0) is 22.9. The molecular weight excluding hydrogens is 396 g/mol. The van der Waals surface area contributed by atoms with Crippen molar-refractivity contribution in [1.82, 2.24) is 0 Å². The van der Waals surface area contributed by atoms with Crippen molar-refractivity contribution < 1.29 is 0 Å². The third-order valence-corrected chi connectivity index (χ3v) is 10.4. The van der Waals surface area contributed by atoms with E-state index in [1.807, 2.05) is 0 Å². The summed E-state index contributed by atoms with van der Waals surface area (Å²) >= 11 is 0. The molecule has 0 saturated heterocycles. The first-order valence-corrected chi connectivity index (χ1v) is 15.3. The van der Waals surface area contributed by atoms with Crippen molar-refractivity contribution in [3.8, 4) is 0 Å². The number of aryl methyl sites for hydroxylation is 1. The molecule has 1 aromatic rings. The Morgan fingerprint density at radius 3 is 1.67 bits per heavy atom. The Balaban J connectivity index is 1.12. The second-order valence-corrected chi connectivity index (χ2v) is 12.5. The van der Waals surface area contributed by atoms with Gasteiger partial charge in [-0.1, -0.05) is 95.9 Å². The van der Waals surface area contributed by atoms with Gasteiger partial charge in [0.2, 0.25) is 0 Å². The third kappa shape index (κ3) is 7.60. The van der Waals surface area contributed by atoms with Gasteiger partial charge in [0, 0.05) is 0 Å². The lowest BCUT2D eigenvalue weighted by molar-refractivity contribution is 0.140. The van der Waals surface area contributed by atoms with Crippen LogP contribution >= 0.6 is 0 Å². The van der Waals surface area contributed by atoms with Gasteiger partial charge in [-0.2, -0.15) is 0 Å². The molecule has 0 atom stereocenters. The average molecular weight is 451 g/mol. The lowest BCUT2D eigenvalue weighted by atomic mass is 9.68. The van der Waals surface area contributed by atoms with Gasteiger partial charge in [0.1, 0.15) is 0 Å². The Morgan fingerprint density at radius 1 is 0.576 bits per heavy atom. The smallest absolute Gasteiger partial charge is 0.0162 e. The summed E-state index contributed by atoms with van der Waals surface area (Å²) in [6.45, 7) is 4.70. The van der Waals surface area contributed by atoms with E-state index >= 15 is 0 Å². The van der Waals surface area contributed by atoms with Gasteiger partial charge < -0.3 is 0 Å². The van der Waals surface area contributed by atoms with Crippen LogP contribution in [0.15, 0.2) is 24.3 Å². The molecule has 3 fully saturated rings. The fourth-order valence-corrected chi connectivity index (χ4v) is 7.81. The molecule has 186 valence electrons. The van der Waals surface area contributed by atoms with Gasteiger partial charge in [0.15, 0.2) is 0 Å². The van der Waals surface area contributed by atoms with Gasteiger partial charge in [-0.15, -0.1) is 0 Å². The minimum Gasteiger partial charge on any atom is -0.0654 e. The molecule has 33 heavy (non-hydrogen) atoms. The second kappa shape index (κ2) is 13.3. The molecule has 4 rings (SSSR count). The van der Waals surface area contributed by atoms with Crippen LogP contribution in [-0.2, 0) is 6.42 Å². The van der Waals surface area contributed by atoms with Crippen molar-refractivity contribution in [2.45, 2.75) is 142 Å². The van der Waals surface area contributed by atoms with Gasteiger partial charge in [0.25, 0.3) is 0 Å². The standard InChI is InChI=1S/C33H54/c1-3-5-6-7-27-12-20-31(21-13-27)33-24-16-29(17-25-33)9-8-28-14-22-32(23-15-28)30-18-10-26(4-2)11-19-30/h14-15,22-23,26-27,29-31,33H,3-13,16-21,24-25H2,1-2H3/t26-,27-,29-,30-,31-,33-. The lowest BCUT2D eigenvalue weighted by Gasteiger charge is -2.38. The third-order valence-electron chi connectivity index (χ3n) is 10.4. The molecular formula is C33H54. The maximum Gasteiger partial charge on any atom is -0.0162 e. The monoisotopic (exact) mass is 450 g/mol. The van der Waals surface area contributed by atoms with Crippen molar-refractivity contribution in [3.63, 3.8) is 0 Å². The van der Waals surface area contributed by atoms with Crippen LogP contribution in [0.25, 0.3) is 0 Å². The Morgan fingerprint density at radius 2 is 1.12 bits per heavy atom. The van der Waals surface area contributed by atoms with Gasteiger partial charge in [-0.3, -0.25) is 0 Å². The highest BCUT2D eigenvalue weighted by Crippen LogP contribution is 2.43. The molecule has 0 radical (unpaired) electrons. The molecule has 0 aromatic heterocycles. The molecule has 0 bridgehead atoms. The predicted molar refractivity (Wildman–Crippen MR) is 145 cm³/mol. The van der Waals surface area contributed by atoms with Crippen molar-refractivity contribution in [1.29, 1.82) is 0 Å². The molecule has 0 amide bonds. The summed E-state index contributed by atoms with van der Waals surface area (Å²) in [7, 11) is 0. The first-order valence-electron chi connectivity index (χ1n) is 15.3. The molecule has 0 aliphatic heterocycles. The van der Waals surface area contributed by atoms with E-state index in [9.17, 15) is 0 Å². The summed E-state index contributed by atoms with van der Waals surface area (Å²) < 4.78 is 0. The van der Waals surface area contributed by atoms with E-state index in [0.29, 0.717) is 0 Å². The topological polar surface area (TPSA) is 0 Å². The van der Waals surface area contributed by atoms with Crippen LogP contribution in [-0.4, -0.2) is 0 Å². The fourth-order valence-electron chi connectivity index (χ4n) is 7.81. The van der Waals surface area contributed by atoms with Crippen LogP contribution in [0.3, 0.4) is 0 Å². The molecule has 0 heteroatoms. The first-order chi connectivity index (χ1) is 16.2. The fraction of sp³-hybridized carbons (Fsp3) is 0.818. The van der Waals surface area contributed by atoms with E-state index in [1.54, 1.807) is 36.8 Å². The van der Waals surface area contributed by atoms with Crippen molar-refractivity contribution >= 4 is 0 Å². The summed E-state index contributed by atoms with van der Waals surface area (Å²) in [6, 6.07) is 9.88. The molecule has 1 aromatic carbocycles. The highest BCUT2D eigenvalue weighted by molar-refractivity contribution is 5.26. The summed E-state index contributed by atoms with van der Waals surface area (Å²) in [5.41, 5.74) is 3.21. The molecule has 3 aliphatic rings. The van der Waals surface area contributed by atoms with E-state index < -0.39 is 0 Å². The molecule has 3 saturated carbocycles. The van der Waals surface area contributed by atoms with Gasteiger partial charge in [-0.25, -0.2) is 0 Å². The van der Waals surface area contributed by atoms with Crippen LogP contribution in [0.5, 0.6) is 0 Å². The summed E-state index contributed by atoms with van der Waals surface area (Å²) in [5.74, 6) is 6.05. The normalized spacial score (nSPS) is 33.2. The molecule has 0 unspecified atom stereocenters. The Hall–Kier alpha value is -0.780. The van der Waals surface area contributed by atoms with E-state index in [2.05, 4.69) is 38.1 Å². The molecule has 0 nitrogen and oxygen atoms in total. The summed E-state index contributed by atoms with van der Waals surface area (Å²) in [5, 5.41) is 0. The number of hydrogen-bond acceptors (Lipinski definition) is 0.